The minimum absolute atomic E-state index is 0.112. The minimum Gasteiger partial charge on any atom is -0.505 e. The molecule has 1 aliphatic rings. The van der Waals surface area contributed by atoms with Crippen LogP contribution in [0.15, 0.2) is 70.9 Å². The van der Waals surface area contributed by atoms with Crippen LogP contribution in [-0.2, 0) is 4.79 Å². The fourth-order valence-electron chi connectivity index (χ4n) is 3.62. The van der Waals surface area contributed by atoms with Gasteiger partial charge >= 0.3 is 11.9 Å². The number of aryl methyl sites for hydroxylation is 2. The summed E-state index contributed by atoms with van der Waals surface area (Å²) in [5, 5.41) is 30.3. The maximum absolute atomic E-state index is 13.2. The zero-order valence-corrected chi connectivity index (χ0v) is 20.3. The summed E-state index contributed by atoms with van der Waals surface area (Å²) < 4.78 is 0. The van der Waals surface area contributed by atoms with Crippen molar-refractivity contribution in [2.75, 3.05) is 22.4 Å². The molecule has 0 saturated heterocycles. The summed E-state index contributed by atoms with van der Waals surface area (Å²) in [5.41, 5.74) is 7.68. The van der Waals surface area contributed by atoms with Crippen LogP contribution in [0.1, 0.15) is 21.5 Å². The van der Waals surface area contributed by atoms with Crippen LogP contribution in [0.25, 0.3) is 11.1 Å². The first-order valence-corrected chi connectivity index (χ1v) is 12.2. The van der Waals surface area contributed by atoms with Gasteiger partial charge in [-0.3, -0.25) is 10.2 Å². The molecular formula is C26H24N4O4S. The van der Waals surface area contributed by atoms with Crippen LogP contribution in [0.3, 0.4) is 0 Å². The van der Waals surface area contributed by atoms with Crippen molar-refractivity contribution in [3.8, 4) is 16.9 Å². The summed E-state index contributed by atoms with van der Waals surface area (Å²) in [5.74, 6) is -1.05. The summed E-state index contributed by atoms with van der Waals surface area (Å²) in [4.78, 5) is 24.5. The van der Waals surface area contributed by atoms with E-state index in [0.717, 1.165) is 11.1 Å². The Morgan fingerprint density at radius 1 is 1.09 bits per heavy atom. The van der Waals surface area contributed by atoms with Gasteiger partial charge in [-0.1, -0.05) is 30.3 Å². The molecule has 1 amide bonds. The summed E-state index contributed by atoms with van der Waals surface area (Å²) in [6, 6.07) is 17.0. The number of nitrogens with zero attached hydrogens (tertiary/aromatic N) is 3. The molecule has 3 aromatic carbocycles. The number of hydrogen-bond donors (Lipinski definition) is 3. The molecule has 0 fully saturated rings. The van der Waals surface area contributed by atoms with Crippen LogP contribution >= 0.6 is 11.8 Å². The number of aromatic carboxylic acids is 1. The van der Waals surface area contributed by atoms with Crippen LogP contribution in [0.5, 0.6) is 5.75 Å². The Hall–Kier alpha value is -4.11. The smallest absolute Gasteiger partial charge is 0.335 e. The molecule has 0 aliphatic carbocycles. The monoisotopic (exact) mass is 488 g/mol. The topological polar surface area (TPSA) is 115 Å². The average molecular weight is 489 g/mol. The van der Waals surface area contributed by atoms with Crippen molar-refractivity contribution >= 4 is 46.4 Å². The van der Waals surface area contributed by atoms with Crippen LogP contribution in [0.4, 0.5) is 11.4 Å². The van der Waals surface area contributed by atoms with E-state index in [9.17, 15) is 19.8 Å². The van der Waals surface area contributed by atoms with Crippen molar-refractivity contribution in [2.45, 2.75) is 13.8 Å². The maximum Gasteiger partial charge on any atom is 0.335 e. The molecule has 3 aromatic rings. The molecule has 0 spiro atoms. The highest BCUT2D eigenvalue weighted by atomic mass is 32.2. The van der Waals surface area contributed by atoms with Crippen molar-refractivity contribution in [1.82, 2.24) is 0 Å². The first kappa shape index (κ1) is 24.0. The van der Waals surface area contributed by atoms with Gasteiger partial charge in [0.1, 0.15) is 11.5 Å². The summed E-state index contributed by atoms with van der Waals surface area (Å²) in [7, 11) is 0. The molecule has 1 heterocycles. The Kier molecular flexibility index (Phi) is 6.88. The Morgan fingerprint density at radius 3 is 2.57 bits per heavy atom. The molecule has 178 valence electrons. The number of phenols is 1. The number of rotatable bonds is 7. The Morgan fingerprint density at radius 2 is 1.86 bits per heavy atom. The number of hydrazone groups is 2. The van der Waals surface area contributed by atoms with Crippen LogP contribution in [-0.4, -0.2) is 45.5 Å². The Bertz CT molecular complexity index is 1380. The molecule has 0 atom stereocenters. The maximum atomic E-state index is 13.2. The van der Waals surface area contributed by atoms with Gasteiger partial charge in [-0.2, -0.15) is 27.0 Å². The predicted molar refractivity (Wildman–Crippen MR) is 141 cm³/mol. The number of para-hydroxylation sites is 1. The van der Waals surface area contributed by atoms with Crippen molar-refractivity contribution in [3.63, 3.8) is 0 Å². The van der Waals surface area contributed by atoms with Gasteiger partial charge in [-0.05, 0) is 67.1 Å². The number of anilines is 2. The number of phenolic OH excluding ortho intramolecular Hbond substituents is 1. The predicted octanol–water partition coefficient (Wildman–Crippen LogP) is 4.91. The minimum atomic E-state index is -1.05. The van der Waals surface area contributed by atoms with Crippen molar-refractivity contribution < 1.29 is 19.8 Å². The fourth-order valence-corrected chi connectivity index (χ4v) is 4.09. The molecule has 9 heteroatoms. The lowest BCUT2D eigenvalue weighted by atomic mass is 10.0. The lowest BCUT2D eigenvalue weighted by molar-refractivity contribution is -0.112. The zero-order chi connectivity index (χ0) is 25.1. The number of carbonyl (C=O) groups excluding carboxylic acids is 1. The first-order valence-electron chi connectivity index (χ1n) is 10.8. The van der Waals surface area contributed by atoms with Crippen LogP contribution < -0.4 is 10.4 Å². The fraction of sp³-hybridized carbons (Fsp3) is 0.154. The highest BCUT2D eigenvalue weighted by Gasteiger charge is 2.33. The lowest BCUT2D eigenvalue weighted by Gasteiger charge is -2.13. The van der Waals surface area contributed by atoms with E-state index < -0.39 is 5.97 Å². The normalized spacial score (nSPS) is 14.4. The van der Waals surface area contributed by atoms with Crippen LogP contribution in [0, 0.1) is 13.8 Å². The van der Waals surface area contributed by atoms with E-state index in [-0.39, 0.29) is 28.6 Å². The third-order valence-corrected chi connectivity index (χ3v) is 6.21. The van der Waals surface area contributed by atoms with Gasteiger partial charge in [0, 0.05) is 11.3 Å². The van der Waals surface area contributed by atoms with Crippen LogP contribution in [0.2, 0.25) is 0 Å². The number of nitrogens with one attached hydrogen (secondary N) is 1. The number of carbonyl (C=O) groups is 2. The molecular weight excluding hydrogens is 464 g/mol. The van der Waals surface area contributed by atoms with Gasteiger partial charge in [0.05, 0.1) is 16.9 Å². The quantitative estimate of drug-likeness (QED) is 0.322. The second-order valence-corrected chi connectivity index (χ2v) is 8.89. The van der Waals surface area contributed by atoms with E-state index in [1.54, 1.807) is 30.3 Å². The number of carboxylic acid groups (broad SMARTS) is 1. The summed E-state index contributed by atoms with van der Waals surface area (Å²) in [6.07, 6.45) is 1.91. The third kappa shape index (κ3) is 4.90. The molecule has 3 N–H and O–H groups in total. The van der Waals surface area contributed by atoms with Crippen molar-refractivity contribution in [1.29, 1.82) is 0 Å². The van der Waals surface area contributed by atoms with E-state index in [2.05, 4.69) is 15.6 Å². The molecule has 0 unspecified atom stereocenters. The SMILES string of the molecule is CSCC1=NN(c2ccc(C)c(C)c2)C(=O)C1=NNc1cccc(-c2cccc(C(=O)O)c2)c1O. The molecule has 1 aliphatic heterocycles. The number of carboxylic acids is 1. The van der Waals surface area contributed by atoms with Gasteiger partial charge < -0.3 is 10.2 Å². The standard InChI is InChI=1S/C26H24N4O4S/c1-15-10-11-19(12-16(15)2)30-25(32)23(22(29-30)14-35-3)28-27-21-9-5-8-20(24(21)31)17-6-4-7-18(13-17)26(33)34/h4-13,27,31H,14H2,1-3H3,(H,33,34). The lowest BCUT2D eigenvalue weighted by Crippen LogP contribution is -2.29. The van der Waals surface area contributed by atoms with Gasteiger partial charge in [0.15, 0.2) is 5.71 Å². The first-order chi connectivity index (χ1) is 16.8. The second kappa shape index (κ2) is 10.0. The van der Waals surface area contributed by atoms with Crippen molar-refractivity contribution in [2.24, 2.45) is 10.2 Å². The zero-order valence-electron chi connectivity index (χ0n) is 19.4. The van der Waals surface area contributed by atoms with Crippen molar-refractivity contribution in [3.05, 3.63) is 77.4 Å². The van der Waals surface area contributed by atoms with E-state index in [4.69, 9.17) is 0 Å². The molecule has 0 aromatic heterocycles. The van der Waals surface area contributed by atoms with E-state index in [1.807, 2.05) is 38.3 Å². The molecule has 0 radical (unpaired) electrons. The Labute approximate surface area is 207 Å². The number of amides is 1. The molecule has 4 rings (SSSR count). The van der Waals surface area contributed by atoms with E-state index >= 15 is 0 Å². The third-order valence-electron chi connectivity index (χ3n) is 5.65. The highest BCUT2D eigenvalue weighted by Crippen LogP contribution is 2.36. The number of thioether (sulfide) groups is 1. The summed E-state index contributed by atoms with van der Waals surface area (Å²) in [6.45, 7) is 3.98. The molecule has 8 nitrogen and oxygen atoms in total. The molecule has 35 heavy (non-hydrogen) atoms. The summed E-state index contributed by atoms with van der Waals surface area (Å²) >= 11 is 1.52. The Balaban J connectivity index is 1.65. The average Bonchev–Trinajstić information content (AvgIpc) is 3.15. The number of aromatic hydroxyl groups is 1. The number of benzene rings is 3. The second-order valence-electron chi connectivity index (χ2n) is 8.03. The largest absolute Gasteiger partial charge is 0.505 e. The molecule has 0 saturated carbocycles. The van der Waals surface area contributed by atoms with Gasteiger partial charge in [-0.15, -0.1) is 0 Å². The number of hydrogen-bond acceptors (Lipinski definition) is 7. The van der Waals surface area contributed by atoms with Gasteiger partial charge in [0.2, 0.25) is 0 Å². The highest BCUT2D eigenvalue weighted by molar-refractivity contribution is 7.99. The van der Waals surface area contributed by atoms with E-state index in [0.29, 0.717) is 28.3 Å². The van der Waals surface area contributed by atoms with Gasteiger partial charge in [-0.25, -0.2) is 4.79 Å². The van der Waals surface area contributed by atoms with E-state index in [1.165, 1.54) is 28.9 Å². The molecule has 0 bridgehead atoms. The van der Waals surface area contributed by atoms with Gasteiger partial charge in [0.25, 0.3) is 0 Å².